The van der Waals surface area contributed by atoms with Crippen LogP contribution in [0.3, 0.4) is 0 Å². The minimum atomic E-state index is -0.821. The van der Waals surface area contributed by atoms with Gasteiger partial charge in [0, 0.05) is 78.6 Å². The van der Waals surface area contributed by atoms with Crippen molar-refractivity contribution < 1.29 is 47.8 Å². The predicted molar refractivity (Wildman–Crippen MR) is 349 cm³/mol. The number of nitro benzene ring substituents is 3. The highest BCUT2D eigenvalue weighted by molar-refractivity contribution is 9.10. The lowest BCUT2D eigenvalue weighted by Crippen LogP contribution is -2.31. The van der Waals surface area contributed by atoms with Crippen LogP contribution in [0.15, 0.2) is 100.0 Å². The van der Waals surface area contributed by atoms with Gasteiger partial charge in [-0.1, -0.05) is 140 Å². The number of ether oxygens (including phenoxy) is 3. The third kappa shape index (κ3) is 31.1. The number of carbonyl (C=O) groups is 3. The molecule has 4 aromatic carbocycles. The SMILES string of the molecule is C/C=C/C(=O)OC.CC(C)CN(CC(C)C)c1ccc(Br)cc1[N+](=O)[O-].COC(=O)/C=C(\C)c1ccc(N(CC(C)C)CC(C)C)c([N+](=O)[O-])c1.COC(=O)CC(C)c1ccc(N(CC(C)C)CC(C)C)c(N)c1.O=[N+]([O-])c1cc(Br)ccc1F. The maximum absolute atomic E-state index is 12.6. The number of esters is 3. The van der Waals surface area contributed by atoms with Gasteiger partial charge in [0.15, 0.2) is 0 Å². The fourth-order valence-electron chi connectivity index (χ4n) is 8.32. The zero-order chi connectivity index (χ0) is 65.4. The lowest BCUT2D eigenvalue weighted by Gasteiger charge is -2.30. The lowest BCUT2D eigenvalue weighted by atomic mass is 9.96. The van der Waals surface area contributed by atoms with Crippen LogP contribution in [0.4, 0.5) is 44.2 Å². The van der Waals surface area contributed by atoms with Gasteiger partial charge in [0.2, 0.25) is 5.82 Å². The lowest BCUT2D eigenvalue weighted by molar-refractivity contribution is -0.387. The van der Waals surface area contributed by atoms with Crippen molar-refractivity contribution >= 4 is 95.2 Å². The van der Waals surface area contributed by atoms with E-state index in [-0.39, 0.29) is 39.1 Å². The van der Waals surface area contributed by atoms with E-state index in [1.807, 2.05) is 31.2 Å². The van der Waals surface area contributed by atoms with Crippen LogP contribution in [-0.2, 0) is 28.6 Å². The zero-order valence-electron chi connectivity index (χ0n) is 52.9. The molecule has 2 N–H and O–H groups in total. The molecule has 22 heteroatoms. The zero-order valence-corrected chi connectivity index (χ0v) is 56.1. The summed E-state index contributed by atoms with van der Waals surface area (Å²) in [5.41, 5.74) is 11.5. The van der Waals surface area contributed by atoms with Gasteiger partial charge in [0.1, 0.15) is 11.4 Å². The molecule has 0 spiro atoms. The first-order valence-corrected chi connectivity index (χ1v) is 29.7. The number of nitro groups is 3. The Kier molecular flexibility index (Phi) is 37.1. The molecule has 1 atom stereocenters. The summed E-state index contributed by atoms with van der Waals surface area (Å²) in [7, 11) is 4.07. The molecule has 0 fully saturated rings. The molecule has 0 saturated heterocycles. The number of nitrogen functional groups attached to an aromatic ring is 1. The Morgan fingerprint density at radius 3 is 1.28 bits per heavy atom. The first kappa shape index (κ1) is 78.1. The Morgan fingerprint density at radius 2 is 0.929 bits per heavy atom. The van der Waals surface area contributed by atoms with E-state index >= 15 is 0 Å². The van der Waals surface area contributed by atoms with E-state index < -0.39 is 22.4 Å². The Hall–Kier alpha value is -6.94. The third-order valence-corrected chi connectivity index (χ3v) is 12.7. The van der Waals surface area contributed by atoms with Crippen LogP contribution < -0.4 is 20.4 Å². The summed E-state index contributed by atoms with van der Waals surface area (Å²) < 4.78 is 27.4. The Balaban J connectivity index is 0.00000109. The van der Waals surface area contributed by atoms with Gasteiger partial charge in [0.05, 0.1) is 53.9 Å². The van der Waals surface area contributed by atoms with E-state index in [2.05, 4.69) is 151 Å². The van der Waals surface area contributed by atoms with Gasteiger partial charge in [-0.3, -0.25) is 35.1 Å². The average molecular weight is 1320 g/mol. The molecule has 0 aromatic heterocycles. The molecule has 0 heterocycles. The fourth-order valence-corrected chi connectivity index (χ4v) is 9.02. The van der Waals surface area contributed by atoms with Gasteiger partial charge in [-0.05, 0) is 114 Å². The van der Waals surface area contributed by atoms with Crippen LogP contribution in [0.2, 0.25) is 0 Å². The van der Waals surface area contributed by atoms with Crippen molar-refractivity contribution in [3.63, 3.8) is 0 Å². The maximum Gasteiger partial charge on any atom is 0.330 e. The number of allylic oxidation sites excluding steroid dienone is 2. The molecule has 0 radical (unpaired) electrons. The standard InChI is InChI=1S/C19H28N2O4.C19H32N2O2.C14H21BrN2O2.C6H3BrFNO2.C5H8O2/c1-13(2)11-20(12-14(3)4)17-8-7-16(10-18(17)21(23)24)15(5)9-19(22)25-6;1-13(2)11-21(12-14(3)4)18-8-7-16(10-17(18)20)15(5)9-19(22)23-6;1-10(2)8-16(9-11(3)4)13-6-5-12(15)7-14(13)17(18)19;7-4-1-2-5(8)6(3-4)9(10)11;1-3-4-5(6)7-2/h7-10,13-14H,11-12H2,1-6H3;7-8,10,13-15H,9,11-12,20H2,1-6H3;5-7,10-11H,8-9H2,1-4H3;1-3H;3-4H,1-2H3/b15-9+;;;;4-3+. The topological polar surface area (TPSA) is 244 Å². The molecule has 0 aliphatic carbocycles. The number of hydrogen-bond donors (Lipinski definition) is 1. The van der Waals surface area contributed by atoms with Gasteiger partial charge in [0.25, 0.3) is 11.4 Å². The highest BCUT2D eigenvalue weighted by Crippen LogP contribution is 2.35. The molecule has 0 bridgehead atoms. The smallest absolute Gasteiger partial charge is 0.330 e. The molecule has 472 valence electrons. The normalized spacial score (nSPS) is 11.4. The first-order chi connectivity index (χ1) is 39.6. The fraction of sp³-hybridized carbons (Fsp3) is 0.508. The number of nitrogens with zero attached hydrogens (tertiary/aromatic N) is 6. The number of methoxy groups -OCH3 is 3. The van der Waals surface area contributed by atoms with Crippen LogP contribution in [0.25, 0.3) is 5.57 Å². The number of nitrogens with two attached hydrogens (primary N) is 1. The Morgan fingerprint density at radius 1 is 0.553 bits per heavy atom. The van der Waals surface area contributed by atoms with Crippen molar-refractivity contribution in [3.05, 3.63) is 147 Å². The number of carbonyl (C=O) groups excluding carboxylic acids is 3. The first-order valence-electron chi connectivity index (χ1n) is 28.1. The van der Waals surface area contributed by atoms with Gasteiger partial charge >= 0.3 is 23.6 Å². The van der Waals surface area contributed by atoms with E-state index in [1.165, 1.54) is 45.6 Å². The number of benzene rings is 4. The van der Waals surface area contributed by atoms with Crippen molar-refractivity contribution in [2.45, 2.75) is 116 Å². The number of anilines is 4. The van der Waals surface area contributed by atoms with Crippen LogP contribution in [0, 0.1) is 71.7 Å². The summed E-state index contributed by atoms with van der Waals surface area (Å²) in [6, 6.07) is 20.1. The summed E-state index contributed by atoms with van der Waals surface area (Å²) in [5.74, 6) is 1.15. The van der Waals surface area contributed by atoms with Crippen molar-refractivity contribution in [2.24, 2.45) is 35.5 Å². The molecule has 85 heavy (non-hydrogen) atoms. The minimum Gasteiger partial charge on any atom is -0.469 e. The van der Waals surface area contributed by atoms with Gasteiger partial charge in [-0.2, -0.15) is 4.39 Å². The second-order valence-electron chi connectivity index (χ2n) is 22.7. The molecule has 0 aliphatic rings. The van der Waals surface area contributed by atoms with E-state index in [0.717, 1.165) is 72.8 Å². The molecule has 19 nitrogen and oxygen atoms in total. The van der Waals surface area contributed by atoms with Crippen LogP contribution in [0.1, 0.15) is 127 Å². The maximum atomic E-state index is 12.6. The number of halogens is 3. The summed E-state index contributed by atoms with van der Waals surface area (Å²) in [4.78, 5) is 71.0. The largest absolute Gasteiger partial charge is 0.469 e. The summed E-state index contributed by atoms with van der Waals surface area (Å²) in [6.07, 6.45) is 4.70. The van der Waals surface area contributed by atoms with Crippen molar-refractivity contribution in [3.8, 4) is 0 Å². The number of hydrogen-bond acceptors (Lipinski definition) is 16. The quantitative estimate of drug-likeness (QED) is 0.0171. The molecular weight excluding hydrogens is 1230 g/mol. The van der Waals surface area contributed by atoms with Gasteiger partial charge < -0.3 is 34.6 Å². The van der Waals surface area contributed by atoms with Gasteiger partial charge in [-0.25, -0.2) is 9.59 Å². The van der Waals surface area contributed by atoms with Crippen molar-refractivity contribution in [1.29, 1.82) is 0 Å². The molecule has 0 aliphatic heterocycles. The molecule has 4 rings (SSSR count). The predicted octanol–water partition coefficient (Wildman–Crippen LogP) is 16.1. The highest BCUT2D eigenvalue weighted by atomic mass is 79.9. The van der Waals surface area contributed by atoms with Gasteiger partial charge in [-0.15, -0.1) is 0 Å². The third-order valence-electron chi connectivity index (χ3n) is 11.8. The monoisotopic (exact) mass is 1320 g/mol. The van der Waals surface area contributed by atoms with E-state index in [1.54, 1.807) is 32.1 Å². The van der Waals surface area contributed by atoms with Crippen LogP contribution in [0.5, 0.6) is 0 Å². The second-order valence-corrected chi connectivity index (χ2v) is 24.5. The Labute approximate surface area is 520 Å². The van der Waals surface area contributed by atoms with Crippen molar-refractivity contribution in [1.82, 2.24) is 0 Å². The Bertz CT molecular complexity index is 2800. The van der Waals surface area contributed by atoms with Crippen LogP contribution >= 0.6 is 31.9 Å². The van der Waals surface area contributed by atoms with E-state index in [4.69, 9.17) is 10.5 Å². The van der Waals surface area contributed by atoms with E-state index in [0.29, 0.717) is 68.9 Å². The highest BCUT2D eigenvalue weighted by Gasteiger charge is 2.24. The number of rotatable bonds is 24. The molecule has 4 aromatic rings. The molecule has 1 unspecified atom stereocenters. The summed E-state index contributed by atoms with van der Waals surface area (Å²) in [6.45, 7) is 36.4. The summed E-state index contributed by atoms with van der Waals surface area (Å²) in [5, 5.41) is 32.9. The average Bonchev–Trinajstić information content (AvgIpc) is 3.57. The van der Waals surface area contributed by atoms with Crippen LogP contribution in [-0.4, -0.2) is 93.3 Å². The van der Waals surface area contributed by atoms with Crippen molar-refractivity contribution in [2.75, 3.05) is 81.0 Å². The second kappa shape index (κ2) is 40.4. The molecule has 0 saturated carbocycles. The summed E-state index contributed by atoms with van der Waals surface area (Å²) >= 11 is 6.29. The molecular formula is C63H92Br2FN7O12. The minimum absolute atomic E-state index is 0.0522. The van der Waals surface area contributed by atoms with E-state index in [9.17, 15) is 49.1 Å². The molecule has 0 amide bonds.